The molecule has 1 amide bonds. The molecule has 19 heavy (non-hydrogen) atoms. The Balaban J connectivity index is 1.91. The number of rotatable bonds is 2. The van der Waals surface area contributed by atoms with E-state index in [0.717, 1.165) is 13.0 Å². The van der Waals surface area contributed by atoms with Crippen LogP contribution < -0.4 is 10.2 Å². The van der Waals surface area contributed by atoms with Gasteiger partial charge in [0.05, 0.1) is 22.1 Å². The maximum absolute atomic E-state index is 12.4. The van der Waals surface area contributed by atoms with Crippen LogP contribution in [0.15, 0.2) is 18.2 Å². The highest BCUT2D eigenvalue weighted by atomic mass is 16.6. The molecule has 0 aromatic heterocycles. The van der Waals surface area contributed by atoms with E-state index in [9.17, 15) is 14.9 Å². The van der Waals surface area contributed by atoms with Gasteiger partial charge in [-0.2, -0.15) is 0 Å². The second kappa shape index (κ2) is 4.62. The summed E-state index contributed by atoms with van der Waals surface area (Å²) in [7, 11) is 0. The number of amides is 1. The summed E-state index contributed by atoms with van der Waals surface area (Å²) in [6.45, 7) is 2.13. The lowest BCUT2D eigenvalue weighted by atomic mass is 10.1. The smallest absolute Gasteiger partial charge is 0.274 e. The van der Waals surface area contributed by atoms with Crippen molar-refractivity contribution in [2.75, 3.05) is 24.5 Å². The topological polar surface area (TPSA) is 75.5 Å². The molecule has 1 aromatic carbocycles. The van der Waals surface area contributed by atoms with Crippen molar-refractivity contribution in [1.29, 1.82) is 0 Å². The van der Waals surface area contributed by atoms with Crippen LogP contribution in [0.25, 0.3) is 0 Å². The molecule has 0 bridgehead atoms. The van der Waals surface area contributed by atoms with E-state index >= 15 is 0 Å². The summed E-state index contributed by atoms with van der Waals surface area (Å²) in [5.74, 6) is 0.0921. The van der Waals surface area contributed by atoms with Gasteiger partial charge in [0.1, 0.15) is 0 Å². The van der Waals surface area contributed by atoms with E-state index in [1.807, 2.05) is 0 Å². The van der Waals surface area contributed by atoms with Crippen LogP contribution in [0.4, 0.5) is 11.4 Å². The SMILES string of the molecule is O=C(C1CCNC1)N1CCc2c1cccc2[N+](=O)[O-]. The van der Waals surface area contributed by atoms with Crippen molar-refractivity contribution in [2.45, 2.75) is 12.8 Å². The highest BCUT2D eigenvalue weighted by Gasteiger charge is 2.34. The summed E-state index contributed by atoms with van der Waals surface area (Å²) >= 11 is 0. The van der Waals surface area contributed by atoms with Crippen molar-refractivity contribution in [3.63, 3.8) is 0 Å². The highest BCUT2D eigenvalue weighted by Crippen LogP contribution is 2.35. The molecule has 0 saturated carbocycles. The molecular weight excluding hydrogens is 246 g/mol. The quantitative estimate of drug-likeness (QED) is 0.638. The van der Waals surface area contributed by atoms with Gasteiger partial charge in [-0.3, -0.25) is 14.9 Å². The zero-order valence-electron chi connectivity index (χ0n) is 10.5. The number of carbonyl (C=O) groups excluding carboxylic acids is 1. The molecule has 0 spiro atoms. The molecule has 2 heterocycles. The third-order valence-electron chi connectivity index (χ3n) is 3.88. The number of benzene rings is 1. The van der Waals surface area contributed by atoms with Gasteiger partial charge in [0, 0.05) is 19.2 Å². The number of hydrogen-bond acceptors (Lipinski definition) is 4. The molecule has 1 unspecified atom stereocenters. The van der Waals surface area contributed by atoms with E-state index in [4.69, 9.17) is 0 Å². The lowest BCUT2D eigenvalue weighted by molar-refractivity contribution is -0.385. The minimum absolute atomic E-state index is 0.00483. The number of fused-ring (bicyclic) bond motifs is 1. The molecule has 1 N–H and O–H groups in total. The van der Waals surface area contributed by atoms with E-state index in [1.165, 1.54) is 6.07 Å². The van der Waals surface area contributed by atoms with Crippen molar-refractivity contribution >= 4 is 17.3 Å². The van der Waals surface area contributed by atoms with E-state index in [2.05, 4.69) is 5.32 Å². The number of nitrogens with zero attached hydrogens (tertiary/aromatic N) is 2. The monoisotopic (exact) mass is 261 g/mol. The van der Waals surface area contributed by atoms with E-state index < -0.39 is 0 Å². The standard InChI is InChI=1S/C13H15N3O3/c17-13(9-4-6-14-8-9)15-7-5-10-11(15)2-1-3-12(10)16(18)19/h1-3,9,14H,4-8H2. The van der Waals surface area contributed by atoms with Crippen LogP contribution in [0.3, 0.4) is 0 Å². The van der Waals surface area contributed by atoms with Gasteiger partial charge >= 0.3 is 0 Å². The molecule has 6 heteroatoms. The fourth-order valence-corrected chi connectivity index (χ4v) is 2.90. The zero-order valence-corrected chi connectivity index (χ0v) is 10.5. The summed E-state index contributed by atoms with van der Waals surface area (Å²) < 4.78 is 0. The first-order valence-corrected chi connectivity index (χ1v) is 6.47. The highest BCUT2D eigenvalue weighted by molar-refractivity contribution is 5.98. The average molecular weight is 261 g/mol. The molecule has 6 nitrogen and oxygen atoms in total. The Kier molecular flexibility index (Phi) is 2.94. The molecule has 1 atom stereocenters. The largest absolute Gasteiger partial charge is 0.316 e. The van der Waals surface area contributed by atoms with Crippen LogP contribution in [-0.4, -0.2) is 30.5 Å². The Bertz CT molecular complexity index is 538. The van der Waals surface area contributed by atoms with Gasteiger partial charge in [-0.15, -0.1) is 0 Å². The third kappa shape index (κ3) is 1.98. The summed E-state index contributed by atoms with van der Waals surface area (Å²) in [5, 5.41) is 14.2. The van der Waals surface area contributed by atoms with Crippen LogP contribution in [0.2, 0.25) is 0 Å². The number of nitro groups is 1. The predicted molar refractivity (Wildman–Crippen MR) is 70.1 cm³/mol. The summed E-state index contributed by atoms with van der Waals surface area (Å²) in [6.07, 6.45) is 1.41. The normalized spacial score (nSPS) is 21.5. The van der Waals surface area contributed by atoms with E-state index in [1.54, 1.807) is 17.0 Å². The fourth-order valence-electron chi connectivity index (χ4n) is 2.90. The Hall–Kier alpha value is -1.95. The zero-order chi connectivity index (χ0) is 13.4. The molecule has 0 radical (unpaired) electrons. The van der Waals surface area contributed by atoms with Crippen LogP contribution in [0.5, 0.6) is 0 Å². The van der Waals surface area contributed by atoms with Crippen LogP contribution in [0, 0.1) is 16.0 Å². The van der Waals surface area contributed by atoms with E-state index in [0.29, 0.717) is 30.8 Å². The molecule has 1 saturated heterocycles. The molecule has 3 rings (SSSR count). The minimum atomic E-state index is -0.371. The van der Waals surface area contributed by atoms with Crippen LogP contribution in [0.1, 0.15) is 12.0 Å². The second-order valence-corrected chi connectivity index (χ2v) is 4.96. The van der Waals surface area contributed by atoms with Gasteiger partial charge in [-0.05, 0) is 25.5 Å². The van der Waals surface area contributed by atoms with Gasteiger partial charge in [0.15, 0.2) is 0 Å². The van der Waals surface area contributed by atoms with Crippen LogP contribution in [-0.2, 0) is 11.2 Å². The molecule has 0 aliphatic carbocycles. The predicted octanol–water partition coefficient (Wildman–Crippen LogP) is 1.09. The first-order valence-electron chi connectivity index (χ1n) is 6.47. The second-order valence-electron chi connectivity index (χ2n) is 4.96. The average Bonchev–Trinajstić information content (AvgIpc) is 3.06. The Morgan fingerprint density at radius 1 is 1.47 bits per heavy atom. The third-order valence-corrected chi connectivity index (χ3v) is 3.88. The lowest BCUT2D eigenvalue weighted by Crippen LogP contribution is -2.35. The van der Waals surface area contributed by atoms with Crippen molar-refractivity contribution in [1.82, 2.24) is 5.32 Å². The Morgan fingerprint density at radius 3 is 3.00 bits per heavy atom. The van der Waals surface area contributed by atoms with Crippen molar-refractivity contribution in [2.24, 2.45) is 5.92 Å². The number of nitrogens with one attached hydrogen (secondary N) is 1. The van der Waals surface area contributed by atoms with E-state index in [-0.39, 0.29) is 22.4 Å². The first kappa shape index (κ1) is 12.1. The molecule has 1 fully saturated rings. The van der Waals surface area contributed by atoms with Crippen molar-refractivity contribution in [3.8, 4) is 0 Å². The van der Waals surface area contributed by atoms with Gasteiger partial charge < -0.3 is 10.2 Å². The van der Waals surface area contributed by atoms with Gasteiger partial charge in [-0.1, -0.05) is 6.07 Å². The molecule has 100 valence electrons. The number of carbonyl (C=O) groups is 1. The number of nitro benzene ring substituents is 1. The van der Waals surface area contributed by atoms with Crippen molar-refractivity contribution < 1.29 is 9.72 Å². The van der Waals surface area contributed by atoms with Crippen molar-refractivity contribution in [3.05, 3.63) is 33.9 Å². The maximum Gasteiger partial charge on any atom is 0.274 e. The summed E-state index contributed by atoms with van der Waals surface area (Å²) in [5.41, 5.74) is 1.52. The number of hydrogen-bond donors (Lipinski definition) is 1. The fraction of sp³-hybridized carbons (Fsp3) is 0.462. The Labute approximate surface area is 110 Å². The van der Waals surface area contributed by atoms with Crippen LogP contribution >= 0.6 is 0 Å². The first-order chi connectivity index (χ1) is 9.18. The summed E-state index contributed by atoms with van der Waals surface area (Å²) in [6, 6.07) is 4.95. The lowest BCUT2D eigenvalue weighted by Gasteiger charge is -2.20. The molecular formula is C13H15N3O3. The Morgan fingerprint density at radius 2 is 2.32 bits per heavy atom. The van der Waals surface area contributed by atoms with Gasteiger partial charge in [0.25, 0.3) is 5.69 Å². The number of anilines is 1. The van der Waals surface area contributed by atoms with Gasteiger partial charge in [-0.25, -0.2) is 0 Å². The molecule has 1 aromatic rings. The molecule has 2 aliphatic heterocycles. The minimum Gasteiger partial charge on any atom is -0.316 e. The summed E-state index contributed by atoms with van der Waals surface area (Å²) in [4.78, 5) is 24.7. The molecule has 2 aliphatic rings. The maximum atomic E-state index is 12.4. The van der Waals surface area contributed by atoms with Gasteiger partial charge in [0.2, 0.25) is 5.91 Å².